The molecule has 146 valence electrons. The number of carbonyl (C=O) groups excluding carboxylic acids is 2. The number of allylic oxidation sites excluding steroid dienone is 1. The maximum absolute atomic E-state index is 12.1. The van der Waals surface area contributed by atoms with Gasteiger partial charge in [-0.05, 0) is 35.8 Å². The Morgan fingerprint density at radius 2 is 2.14 bits per heavy atom. The number of benzene rings is 1. The summed E-state index contributed by atoms with van der Waals surface area (Å²) in [4.78, 5) is 29.0. The smallest absolute Gasteiger partial charge is 0.414 e. The first kappa shape index (κ1) is 18.2. The predicted molar refractivity (Wildman–Crippen MR) is 103 cm³/mol. The van der Waals surface area contributed by atoms with Gasteiger partial charge in [0.05, 0.1) is 25.0 Å². The largest absolute Gasteiger partial charge is 0.442 e. The number of amides is 2. The number of anilines is 1. The summed E-state index contributed by atoms with van der Waals surface area (Å²) < 4.78 is 7.33. The van der Waals surface area contributed by atoms with Crippen molar-refractivity contribution in [1.29, 1.82) is 0 Å². The fourth-order valence-electron chi connectivity index (χ4n) is 3.59. The third kappa shape index (κ3) is 3.50. The lowest BCUT2D eigenvalue weighted by atomic mass is 9.99. The molecule has 0 unspecified atom stereocenters. The number of carbonyl (C=O) groups is 2. The van der Waals surface area contributed by atoms with E-state index in [1.54, 1.807) is 11.1 Å². The van der Waals surface area contributed by atoms with Crippen LogP contribution >= 0.6 is 0 Å². The molecular formula is C20H22N4O4. The second kappa shape index (κ2) is 7.47. The van der Waals surface area contributed by atoms with Crippen LogP contribution in [0.5, 0.6) is 0 Å². The summed E-state index contributed by atoms with van der Waals surface area (Å²) in [7, 11) is 0. The van der Waals surface area contributed by atoms with Gasteiger partial charge in [-0.2, -0.15) is 0 Å². The Kier molecular flexibility index (Phi) is 4.87. The summed E-state index contributed by atoms with van der Waals surface area (Å²) in [5.74, 6) is 0.536. The molecule has 1 aromatic heterocycles. The molecule has 0 aliphatic carbocycles. The second-order valence-corrected chi connectivity index (χ2v) is 6.93. The SMILES string of the molecule is CC(=O)NC[C@H]1CN(c2ccc(C3=Cc4cnc(CO)n4CC3)cc2)C(=O)O1. The number of nitrogens with zero attached hydrogens (tertiary/aromatic N) is 3. The number of rotatable bonds is 5. The average Bonchev–Trinajstić information content (AvgIpc) is 3.29. The standard InChI is InChI=1S/C20H22N4O4/c1-13(26)21-10-18-11-24(20(27)28-18)16-4-2-14(3-5-16)15-6-7-23-17(8-15)9-22-19(23)12-25/h2-5,8-9,18,25H,6-7,10-12H2,1H3,(H,21,26)/t18-/m0/s1. The monoisotopic (exact) mass is 382 g/mol. The number of aromatic nitrogens is 2. The summed E-state index contributed by atoms with van der Waals surface area (Å²) in [6.07, 6.45) is 3.95. The highest BCUT2D eigenvalue weighted by molar-refractivity contribution is 5.90. The van der Waals surface area contributed by atoms with Crippen LogP contribution in [0.2, 0.25) is 0 Å². The normalized spacial score (nSPS) is 18.5. The minimum Gasteiger partial charge on any atom is -0.442 e. The van der Waals surface area contributed by atoms with Crippen molar-refractivity contribution in [2.45, 2.75) is 32.6 Å². The number of aliphatic hydroxyl groups excluding tert-OH is 1. The van der Waals surface area contributed by atoms with Crippen molar-refractivity contribution in [2.24, 2.45) is 0 Å². The molecule has 2 N–H and O–H groups in total. The van der Waals surface area contributed by atoms with Crippen LogP contribution in [-0.2, 0) is 22.7 Å². The van der Waals surface area contributed by atoms with Crippen molar-refractivity contribution in [3.8, 4) is 0 Å². The Morgan fingerprint density at radius 3 is 2.86 bits per heavy atom. The lowest BCUT2D eigenvalue weighted by Gasteiger charge is -2.19. The van der Waals surface area contributed by atoms with Gasteiger partial charge in [0.2, 0.25) is 5.91 Å². The highest BCUT2D eigenvalue weighted by atomic mass is 16.6. The van der Waals surface area contributed by atoms with E-state index in [-0.39, 0.29) is 18.6 Å². The van der Waals surface area contributed by atoms with Crippen molar-refractivity contribution >= 4 is 29.3 Å². The lowest BCUT2D eigenvalue weighted by Crippen LogP contribution is -2.33. The zero-order chi connectivity index (χ0) is 19.7. The minimum absolute atomic E-state index is 0.0628. The number of imidazole rings is 1. The molecule has 0 spiro atoms. The van der Waals surface area contributed by atoms with E-state index in [0.717, 1.165) is 29.9 Å². The van der Waals surface area contributed by atoms with E-state index in [1.807, 2.05) is 28.8 Å². The van der Waals surface area contributed by atoms with Crippen LogP contribution in [0.1, 0.15) is 30.4 Å². The van der Waals surface area contributed by atoms with E-state index in [4.69, 9.17) is 4.74 Å². The first-order valence-electron chi connectivity index (χ1n) is 9.24. The number of ether oxygens (including phenoxy) is 1. The van der Waals surface area contributed by atoms with Crippen molar-refractivity contribution in [1.82, 2.24) is 14.9 Å². The topological polar surface area (TPSA) is 96.7 Å². The van der Waals surface area contributed by atoms with Crippen molar-refractivity contribution in [3.05, 3.63) is 47.5 Å². The van der Waals surface area contributed by atoms with Crippen molar-refractivity contribution in [3.63, 3.8) is 0 Å². The zero-order valence-corrected chi connectivity index (χ0v) is 15.6. The van der Waals surface area contributed by atoms with Crippen LogP contribution in [-0.4, -0.2) is 45.9 Å². The molecule has 8 heteroatoms. The molecule has 8 nitrogen and oxygen atoms in total. The van der Waals surface area contributed by atoms with E-state index in [1.165, 1.54) is 12.5 Å². The van der Waals surface area contributed by atoms with E-state index in [9.17, 15) is 14.7 Å². The quantitative estimate of drug-likeness (QED) is 0.822. The molecule has 1 aromatic carbocycles. The number of nitrogens with one attached hydrogen (secondary N) is 1. The first-order valence-corrected chi connectivity index (χ1v) is 9.24. The van der Waals surface area contributed by atoms with Crippen molar-refractivity contribution < 1.29 is 19.4 Å². The molecule has 0 radical (unpaired) electrons. The van der Waals surface area contributed by atoms with E-state index < -0.39 is 6.09 Å². The van der Waals surface area contributed by atoms with E-state index in [2.05, 4.69) is 16.4 Å². The fraction of sp³-hybridized carbons (Fsp3) is 0.350. The second-order valence-electron chi connectivity index (χ2n) is 6.93. The van der Waals surface area contributed by atoms with Gasteiger partial charge in [0, 0.05) is 19.2 Å². The minimum atomic E-state index is -0.402. The molecule has 0 bridgehead atoms. The third-order valence-corrected chi connectivity index (χ3v) is 5.04. The van der Waals surface area contributed by atoms with E-state index >= 15 is 0 Å². The predicted octanol–water partition coefficient (Wildman–Crippen LogP) is 1.78. The van der Waals surface area contributed by atoms with Crippen LogP contribution in [0.3, 0.4) is 0 Å². The Labute approximate surface area is 162 Å². The van der Waals surface area contributed by atoms with Crippen molar-refractivity contribution in [2.75, 3.05) is 18.0 Å². The van der Waals surface area contributed by atoms with Gasteiger partial charge in [-0.1, -0.05) is 12.1 Å². The molecule has 4 rings (SSSR count). The molecule has 1 fully saturated rings. The highest BCUT2D eigenvalue weighted by Crippen LogP contribution is 2.30. The Hall–Kier alpha value is -3.13. The summed E-state index contributed by atoms with van der Waals surface area (Å²) in [6.45, 7) is 2.87. The van der Waals surface area contributed by atoms with Crippen LogP contribution < -0.4 is 10.2 Å². The van der Waals surface area contributed by atoms with E-state index in [0.29, 0.717) is 18.9 Å². The van der Waals surface area contributed by atoms with Gasteiger partial charge in [0.25, 0.3) is 0 Å². The zero-order valence-electron chi connectivity index (χ0n) is 15.6. The van der Waals surface area contributed by atoms with Gasteiger partial charge in [0.1, 0.15) is 18.5 Å². The summed E-state index contributed by atoms with van der Waals surface area (Å²) in [5, 5.41) is 12.0. The van der Waals surface area contributed by atoms with Crippen LogP contribution in [0, 0.1) is 0 Å². The van der Waals surface area contributed by atoms with Gasteiger partial charge in [0.15, 0.2) is 0 Å². The Balaban J connectivity index is 1.47. The average molecular weight is 382 g/mol. The molecule has 28 heavy (non-hydrogen) atoms. The fourth-order valence-corrected chi connectivity index (χ4v) is 3.59. The van der Waals surface area contributed by atoms with Gasteiger partial charge < -0.3 is 19.7 Å². The molecule has 2 aromatic rings. The number of aliphatic hydroxyl groups is 1. The van der Waals surface area contributed by atoms with Crippen LogP contribution in [0.25, 0.3) is 11.6 Å². The molecule has 1 atom stereocenters. The lowest BCUT2D eigenvalue weighted by molar-refractivity contribution is -0.119. The molecule has 2 aliphatic rings. The maximum Gasteiger partial charge on any atom is 0.414 e. The summed E-state index contributed by atoms with van der Waals surface area (Å²) >= 11 is 0. The number of hydrogen-bond donors (Lipinski definition) is 2. The third-order valence-electron chi connectivity index (χ3n) is 5.04. The molecule has 2 aliphatic heterocycles. The number of fused-ring (bicyclic) bond motifs is 1. The van der Waals surface area contributed by atoms with Gasteiger partial charge in [-0.15, -0.1) is 0 Å². The van der Waals surface area contributed by atoms with Gasteiger partial charge >= 0.3 is 6.09 Å². The number of cyclic esters (lactones) is 1. The summed E-state index contributed by atoms with van der Waals surface area (Å²) in [6, 6.07) is 7.80. The Morgan fingerprint density at radius 1 is 1.36 bits per heavy atom. The van der Waals surface area contributed by atoms with Crippen LogP contribution in [0.4, 0.5) is 10.5 Å². The highest BCUT2D eigenvalue weighted by Gasteiger charge is 2.32. The number of hydrogen-bond acceptors (Lipinski definition) is 5. The molecule has 0 saturated carbocycles. The van der Waals surface area contributed by atoms with Gasteiger partial charge in [-0.3, -0.25) is 9.69 Å². The van der Waals surface area contributed by atoms with Gasteiger partial charge in [-0.25, -0.2) is 9.78 Å². The summed E-state index contributed by atoms with van der Waals surface area (Å²) in [5.41, 5.74) is 4.03. The first-order chi connectivity index (χ1) is 13.5. The van der Waals surface area contributed by atoms with Crippen LogP contribution in [0.15, 0.2) is 30.5 Å². The molecular weight excluding hydrogens is 360 g/mol. The molecule has 1 saturated heterocycles. The maximum atomic E-state index is 12.1. The molecule has 3 heterocycles. The Bertz CT molecular complexity index is 932. The molecule has 2 amide bonds.